The molecule has 1 amide bonds. The zero-order valence-corrected chi connectivity index (χ0v) is 21.1. The maximum atomic E-state index is 13.5. The van der Waals surface area contributed by atoms with Crippen LogP contribution in [0.5, 0.6) is 11.5 Å². The molecule has 0 aliphatic carbocycles. The molecule has 1 aliphatic rings. The van der Waals surface area contributed by atoms with E-state index in [0.717, 1.165) is 16.7 Å². The van der Waals surface area contributed by atoms with Crippen molar-refractivity contribution in [3.63, 3.8) is 0 Å². The summed E-state index contributed by atoms with van der Waals surface area (Å²) < 4.78 is 17.5. The fraction of sp³-hybridized carbons (Fsp3) is 0.267. The number of ether oxygens (including phenoxy) is 3. The highest BCUT2D eigenvalue weighted by atomic mass is 16.5. The van der Waals surface area contributed by atoms with Crippen LogP contribution in [0.3, 0.4) is 0 Å². The van der Waals surface area contributed by atoms with Crippen molar-refractivity contribution in [2.45, 2.75) is 24.5 Å². The second-order valence-electron chi connectivity index (χ2n) is 8.66. The van der Waals surface area contributed by atoms with Gasteiger partial charge < -0.3 is 24.6 Å². The van der Waals surface area contributed by atoms with E-state index in [2.05, 4.69) is 5.32 Å². The molecule has 2 N–H and O–H groups in total. The minimum Gasteiger partial charge on any atom is -0.497 e. The summed E-state index contributed by atoms with van der Waals surface area (Å²) in [6, 6.07) is 24.8. The maximum Gasteiger partial charge on any atom is 0.252 e. The minimum absolute atomic E-state index is 0.0781. The molecule has 0 fully saturated rings. The van der Waals surface area contributed by atoms with Crippen molar-refractivity contribution >= 4 is 17.9 Å². The summed E-state index contributed by atoms with van der Waals surface area (Å²) in [6.45, 7) is 0.507. The summed E-state index contributed by atoms with van der Waals surface area (Å²) in [4.78, 5) is 18.4. The Bertz CT molecular complexity index is 1240. The summed E-state index contributed by atoms with van der Waals surface area (Å²) >= 11 is 0. The number of nitrogens with one attached hydrogen (secondary N) is 1. The number of nitrogens with zero attached hydrogens (tertiary/aromatic N) is 1. The first-order chi connectivity index (χ1) is 18.1. The van der Waals surface area contributed by atoms with Crippen LogP contribution in [0, 0.1) is 0 Å². The third kappa shape index (κ3) is 6.01. The molecule has 0 radical (unpaired) electrons. The second kappa shape index (κ2) is 12.2. The molecular weight excluding hydrogens is 468 g/mol. The number of benzene rings is 3. The Kier molecular flexibility index (Phi) is 8.59. The van der Waals surface area contributed by atoms with Gasteiger partial charge in [0.15, 0.2) is 11.6 Å². The number of aliphatic imine (C=N–C) groups is 1. The molecule has 0 saturated carbocycles. The lowest BCUT2D eigenvalue weighted by molar-refractivity contribution is -0.128. The van der Waals surface area contributed by atoms with Crippen LogP contribution in [0.25, 0.3) is 6.08 Å². The van der Waals surface area contributed by atoms with Gasteiger partial charge >= 0.3 is 0 Å². The van der Waals surface area contributed by atoms with Gasteiger partial charge in [0.25, 0.3) is 5.91 Å². The predicted molar refractivity (Wildman–Crippen MR) is 144 cm³/mol. The van der Waals surface area contributed by atoms with Gasteiger partial charge in [0.05, 0.1) is 13.7 Å². The number of rotatable bonds is 11. The van der Waals surface area contributed by atoms with Crippen molar-refractivity contribution in [2.24, 2.45) is 4.99 Å². The third-order valence-corrected chi connectivity index (χ3v) is 6.19. The lowest BCUT2D eigenvalue weighted by atomic mass is 9.84. The number of carbonyl (C=O) groups excluding carboxylic acids is 1. The van der Waals surface area contributed by atoms with Crippen LogP contribution < -0.4 is 14.8 Å². The average molecular weight is 501 g/mol. The van der Waals surface area contributed by atoms with Gasteiger partial charge in [-0.2, -0.15) is 0 Å². The van der Waals surface area contributed by atoms with Crippen LogP contribution in [0.2, 0.25) is 0 Å². The van der Waals surface area contributed by atoms with E-state index in [1.54, 1.807) is 14.2 Å². The molecule has 7 nitrogen and oxygen atoms in total. The Hall–Kier alpha value is -4.10. The Morgan fingerprint density at radius 2 is 1.86 bits per heavy atom. The zero-order valence-electron chi connectivity index (χ0n) is 21.1. The van der Waals surface area contributed by atoms with Gasteiger partial charge in [-0.3, -0.25) is 4.79 Å². The molecule has 192 valence electrons. The Morgan fingerprint density at radius 1 is 1.08 bits per heavy atom. The number of methoxy groups -OCH3 is 1. The quantitative estimate of drug-likeness (QED) is 0.377. The van der Waals surface area contributed by atoms with E-state index in [9.17, 15) is 4.79 Å². The van der Waals surface area contributed by atoms with Crippen molar-refractivity contribution in [1.29, 1.82) is 0 Å². The summed E-state index contributed by atoms with van der Waals surface area (Å²) in [5.41, 5.74) is 1.34. The largest absolute Gasteiger partial charge is 0.497 e. The van der Waals surface area contributed by atoms with Gasteiger partial charge in [-0.25, -0.2) is 4.99 Å². The average Bonchev–Trinajstić information content (AvgIpc) is 3.34. The zero-order chi connectivity index (χ0) is 26.1. The third-order valence-electron chi connectivity index (χ3n) is 6.19. The number of likely N-dealkylation sites (N-methyl/N-ethyl adjacent to an activating group) is 1. The van der Waals surface area contributed by atoms with Crippen LogP contribution in [-0.4, -0.2) is 49.8 Å². The van der Waals surface area contributed by atoms with E-state index < -0.39 is 11.6 Å². The highest BCUT2D eigenvalue weighted by Gasteiger charge is 2.52. The molecule has 0 spiro atoms. The number of carbonyl (C=O) groups is 1. The summed E-state index contributed by atoms with van der Waals surface area (Å²) in [6.07, 6.45) is 4.17. The lowest BCUT2D eigenvalue weighted by Crippen LogP contribution is -2.46. The van der Waals surface area contributed by atoms with Gasteiger partial charge in [0, 0.05) is 32.1 Å². The topological polar surface area (TPSA) is 89.4 Å². The number of aliphatic hydroxyl groups is 1. The maximum absolute atomic E-state index is 13.5. The van der Waals surface area contributed by atoms with E-state index in [4.69, 9.17) is 24.3 Å². The van der Waals surface area contributed by atoms with Crippen molar-refractivity contribution in [1.82, 2.24) is 5.32 Å². The molecule has 0 unspecified atom stereocenters. The van der Waals surface area contributed by atoms with E-state index in [1.807, 2.05) is 91.0 Å². The first-order valence-corrected chi connectivity index (χ1v) is 12.3. The van der Waals surface area contributed by atoms with Gasteiger partial charge in [-0.1, -0.05) is 54.6 Å². The first-order valence-electron chi connectivity index (χ1n) is 12.3. The monoisotopic (exact) mass is 500 g/mol. The molecule has 0 aromatic heterocycles. The van der Waals surface area contributed by atoms with Crippen molar-refractivity contribution in [3.05, 3.63) is 102 Å². The Labute approximate surface area is 217 Å². The molecule has 0 bridgehead atoms. The van der Waals surface area contributed by atoms with Crippen LogP contribution >= 0.6 is 0 Å². The van der Waals surface area contributed by atoms with E-state index >= 15 is 0 Å². The first kappa shape index (κ1) is 26.0. The van der Waals surface area contributed by atoms with Crippen molar-refractivity contribution in [3.8, 4) is 11.5 Å². The van der Waals surface area contributed by atoms with E-state index in [0.29, 0.717) is 36.8 Å². The lowest BCUT2D eigenvalue weighted by Gasteiger charge is -2.29. The van der Waals surface area contributed by atoms with E-state index in [-0.39, 0.29) is 12.5 Å². The Morgan fingerprint density at radius 3 is 2.57 bits per heavy atom. The number of hydrogen-bond acceptors (Lipinski definition) is 6. The highest BCUT2D eigenvalue weighted by Crippen LogP contribution is 2.43. The molecule has 4 rings (SSSR count). The van der Waals surface area contributed by atoms with E-state index in [1.165, 1.54) is 0 Å². The molecule has 1 aliphatic heterocycles. The Balaban J connectivity index is 1.71. The van der Waals surface area contributed by atoms with Crippen LogP contribution in [0.1, 0.15) is 35.6 Å². The fourth-order valence-electron chi connectivity index (χ4n) is 4.28. The fourth-order valence-corrected chi connectivity index (χ4v) is 4.28. The van der Waals surface area contributed by atoms with Crippen LogP contribution in [-0.2, 0) is 9.53 Å². The molecule has 37 heavy (non-hydrogen) atoms. The van der Waals surface area contributed by atoms with Crippen LogP contribution in [0.15, 0.2) is 89.9 Å². The number of hydrogen-bond donors (Lipinski definition) is 2. The molecule has 2 atom stereocenters. The predicted octanol–water partition coefficient (Wildman–Crippen LogP) is 4.56. The molecule has 3 aromatic carbocycles. The number of amides is 1. The smallest absolute Gasteiger partial charge is 0.252 e. The van der Waals surface area contributed by atoms with Crippen LogP contribution in [0.4, 0.5) is 0 Å². The molecular formula is C30H32N2O5. The molecule has 3 aromatic rings. The van der Waals surface area contributed by atoms with Gasteiger partial charge in [0.2, 0.25) is 5.90 Å². The van der Waals surface area contributed by atoms with Gasteiger partial charge in [-0.05, 0) is 47.5 Å². The molecule has 0 saturated heterocycles. The van der Waals surface area contributed by atoms with Crippen molar-refractivity contribution in [2.75, 3.05) is 27.4 Å². The normalized spacial score (nSPS) is 18.8. The highest BCUT2D eigenvalue weighted by molar-refractivity contribution is 6.01. The summed E-state index contributed by atoms with van der Waals surface area (Å²) in [5.74, 6) is 1.50. The molecule has 7 heteroatoms. The van der Waals surface area contributed by atoms with Crippen molar-refractivity contribution < 1.29 is 24.1 Å². The number of aliphatic hydroxyl groups excluding tert-OH is 1. The van der Waals surface area contributed by atoms with Gasteiger partial charge in [-0.15, -0.1) is 0 Å². The standard InChI is InChI=1S/C30H32N2O5/c1-31-29(34)30(18-7-11-22-9-4-3-5-10-22)27(24-12-6-13-26(21-24)35-2)37-28(32-30)23-14-16-25(17-15-23)36-20-8-19-33/h3-7,9-17,21,27,33H,8,18-20H2,1-2H3,(H,31,34)/b11-7+/t27-,30-/m1/s1. The summed E-state index contributed by atoms with van der Waals surface area (Å²) in [5, 5.41) is 11.8. The SMILES string of the molecule is CNC(=O)[C@]1(C/C=C/c2ccccc2)N=C(c2ccc(OCCCO)cc2)O[C@@H]1c1cccc(OC)c1. The molecule has 1 heterocycles. The minimum atomic E-state index is -1.22. The summed E-state index contributed by atoms with van der Waals surface area (Å²) in [7, 11) is 3.22. The second-order valence-corrected chi connectivity index (χ2v) is 8.66. The van der Waals surface area contributed by atoms with Gasteiger partial charge in [0.1, 0.15) is 11.5 Å².